The largest absolute Gasteiger partial charge is 0.478 e. The molecule has 0 unspecified atom stereocenters. The fourth-order valence-corrected chi connectivity index (χ4v) is 1.43. The highest BCUT2D eigenvalue weighted by Crippen LogP contribution is 2.17. The average Bonchev–Trinajstić information content (AvgIpc) is 2.28. The zero-order valence-electron chi connectivity index (χ0n) is 8.66. The maximum absolute atomic E-state index is 10.7. The van der Waals surface area contributed by atoms with Crippen LogP contribution in [0.3, 0.4) is 0 Å². The number of aromatic carboxylic acids is 1. The van der Waals surface area contributed by atoms with Gasteiger partial charge >= 0.3 is 12.0 Å². The van der Waals surface area contributed by atoms with Crippen molar-refractivity contribution in [2.45, 2.75) is 6.03 Å². The Morgan fingerprint density at radius 1 is 1.24 bits per heavy atom. The van der Waals surface area contributed by atoms with Gasteiger partial charge in [0.2, 0.25) is 0 Å². The number of aliphatic hydroxyl groups is 2. The molecule has 88 valence electrons. The fourth-order valence-electron chi connectivity index (χ4n) is 1.43. The van der Waals surface area contributed by atoms with Crippen molar-refractivity contribution in [2.24, 2.45) is 4.99 Å². The number of aliphatic imine (C=N–C) groups is 1. The predicted octanol–water partition coefficient (Wildman–Crippen LogP) is -0.00440. The second kappa shape index (κ2) is 4.00. The summed E-state index contributed by atoms with van der Waals surface area (Å²) in [7, 11) is 0. The Hall–Kier alpha value is -2.18. The Kier molecular flexibility index (Phi) is 2.66. The molecule has 0 atom stereocenters. The van der Waals surface area contributed by atoms with Gasteiger partial charge in [0.1, 0.15) is 0 Å². The molecule has 0 aliphatic carbocycles. The van der Waals surface area contributed by atoms with Crippen molar-refractivity contribution in [1.82, 2.24) is 5.32 Å². The van der Waals surface area contributed by atoms with Gasteiger partial charge in [0.05, 0.1) is 5.56 Å². The molecule has 0 amide bonds. The highest BCUT2D eigenvalue weighted by molar-refractivity contribution is 5.89. The van der Waals surface area contributed by atoms with Gasteiger partial charge in [0.25, 0.3) is 0 Å². The Balaban J connectivity index is 2.27. The molecule has 0 saturated carbocycles. The summed E-state index contributed by atoms with van der Waals surface area (Å²) in [5.74, 6) is -1.01. The van der Waals surface area contributed by atoms with E-state index in [9.17, 15) is 15.0 Å². The molecular weight excluding hydrogens is 224 g/mol. The van der Waals surface area contributed by atoms with E-state index in [1.165, 1.54) is 18.3 Å². The van der Waals surface area contributed by atoms with Crippen LogP contribution >= 0.6 is 0 Å². The summed E-state index contributed by atoms with van der Waals surface area (Å²) >= 11 is 0. The zero-order valence-corrected chi connectivity index (χ0v) is 8.66. The van der Waals surface area contributed by atoms with Crippen LogP contribution in [0.1, 0.15) is 15.9 Å². The van der Waals surface area contributed by atoms with Gasteiger partial charge in [-0.15, -0.1) is 0 Å². The Labute approximate surface area is 96.6 Å². The van der Waals surface area contributed by atoms with Crippen LogP contribution < -0.4 is 5.32 Å². The van der Waals surface area contributed by atoms with Crippen molar-refractivity contribution in [1.29, 1.82) is 0 Å². The number of carboxylic acids is 1. The van der Waals surface area contributed by atoms with E-state index in [1.54, 1.807) is 18.2 Å². The summed E-state index contributed by atoms with van der Waals surface area (Å²) in [6.07, 6.45) is 2.82. The average molecular weight is 234 g/mol. The monoisotopic (exact) mass is 234 g/mol. The van der Waals surface area contributed by atoms with Crippen LogP contribution in [0.4, 0.5) is 0 Å². The fraction of sp³-hybridized carbons (Fsp3) is 0.0909. The molecule has 0 fully saturated rings. The lowest BCUT2D eigenvalue weighted by molar-refractivity contribution is -0.166. The number of carboxylic acid groups (broad SMARTS) is 1. The van der Waals surface area contributed by atoms with E-state index in [1.807, 2.05) is 0 Å². The van der Waals surface area contributed by atoms with E-state index in [4.69, 9.17) is 5.11 Å². The van der Waals surface area contributed by atoms with Crippen molar-refractivity contribution >= 4 is 17.9 Å². The standard InChI is InChI=1S/C11H10N2O4/c14-10(15)8-3-1-7(2-4-8)9-5-6-12-11(16,17)13-9/h1-6,13,16-17H,(H,14,15). The minimum absolute atomic E-state index is 0.165. The van der Waals surface area contributed by atoms with Crippen molar-refractivity contribution in [3.05, 3.63) is 41.5 Å². The first-order valence-electron chi connectivity index (χ1n) is 4.80. The van der Waals surface area contributed by atoms with Crippen LogP contribution in [-0.4, -0.2) is 33.5 Å². The van der Waals surface area contributed by atoms with E-state index in [0.717, 1.165) is 0 Å². The predicted molar refractivity (Wildman–Crippen MR) is 60.2 cm³/mol. The molecule has 4 N–H and O–H groups in total. The summed E-state index contributed by atoms with van der Waals surface area (Å²) in [5, 5.41) is 29.6. The highest BCUT2D eigenvalue weighted by atomic mass is 16.5. The van der Waals surface area contributed by atoms with Crippen LogP contribution in [0.25, 0.3) is 5.70 Å². The van der Waals surface area contributed by atoms with Crippen molar-refractivity contribution < 1.29 is 20.1 Å². The van der Waals surface area contributed by atoms with Crippen molar-refractivity contribution in [3.63, 3.8) is 0 Å². The van der Waals surface area contributed by atoms with Crippen LogP contribution in [0.15, 0.2) is 35.3 Å². The zero-order chi connectivity index (χ0) is 12.5. The Morgan fingerprint density at radius 2 is 1.88 bits per heavy atom. The van der Waals surface area contributed by atoms with Crippen LogP contribution in [0, 0.1) is 0 Å². The maximum atomic E-state index is 10.7. The molecule has 0 bridgehead atoms. The number of rotatable bonds is 2. The molecule has 2 rings (SSSR count). The number of carbonyl (C=O) groups is 1. The quantitative estimate of drug-likeness (QED) is 0.539. The Morgan fingerprint density at radius 3 is 2.41 bits per heavy atom. The van der Waals surface area contributed by atoms with Gasteiger partial charge in [-0.25, -0.2) is 9.79 Å². The molecule has 17 heavy (non-hydrogen) atoms. The second-order valence-electron chi connectivity index (χ2n) is 3.50. The van der Waals surface area contributed by atoms with Crippen molar-refractivity contribution in [2.75, 3.05) is 0 Å². The van der Waals surface area contributed by atoms with Crippen molar-refractivity contribution in [3.8, 4) is 0 Å². The smallest absolute Gasteiger partial charge is 0.353 e. The third kappa shape index (κ3) is 2.49. The molecular formula is C11H10N2O4. The van der Waals surface area contributed by atoms with E-state index in [0.29, 0.717) is 11.3 Å². The summed E-state index contributed by atoms with van der Waals surface area (Å²) in [6.45, 7) is 0. The molecule has 1 aliphatic heterocycles. The maximum Gasteiger partial charge on any atom is 0.353 e. The second-order valence-corrected chi connectivity index (χ2v) is 3.50. The van der Waals surface area contributed by atoms with Gasteiger partial charge in [0, 0.05) is 11.9 Å². The lowest BCUT2D eigenvalue weighted by Crippen LogP contribution is -2.43. The lowest BCUT2D eigenvalue weighted by Gasteiger charge is -2.23. The first-order chi connectivity index (χ1) is 7.98. The number of nitrogens with zero attached hydrogens (tertiary/aromatic N) is 1. The first-order valence-corrected chi connectivity index (χ1v) is 4.80. The summed E-state index contributed by atoms with van der Waals surface area (Å²) in [6, 6.07) is 3.68. The van der Waals surface area contributed by atoms with Gasteiger partial charge in [-0.1, -0.05) is 12.1 Å². The number of nitrogens with one attached hydrogen (secondary N) is 1. The molecule has 6 heteroatoms. The lowest BCUT2D eigenvalue weighted by atomic mass is 10.1. The van der Waals surface area contributed by atoms with Gasteiger partial charge in [-0.05, 0) is 23.8 Å². The number of hydrogen-bond donors (Lipinski definition) is 4. The van der Waals surface area contributed by atoms with Gasteiger partial charge in [-0.3, -0.25) is 0 Å². The molecule has 1 aromatic carbocycles. The Bertz CT molecular complexity index is 503. The molecule has 1 heterocycles. The SMILES string of the molecule is O=C(O)c1ccc(C2=CC=NC(O)(O)N2)cc1. The van der Waals surface area contributed by atoms with Gasteiger partial charge in [-0.2, -0.15) is 0 Å². The summed E-state index contributed by atoms with van der Waals surface area (Å²) in [5.41, 5.74) is 1.24. The molecule has 1 aromatic rings. The number of benzene rings is 1. The van der Waals surface area contributed by atoms with Crippen LogP contribution in [0.2, 0.25) is 0 Å². The normalized spacial score (nSPS) is 17.2. The third-order valence-corrected chi connectivity index (χ3v) is 2.24. The molecule has 0 saturated heterocycles. The van der Waals surface area contributed by atoms with E-state index >= 15 is 0 Å². The number of hydrogen-bond acceptors (Lipinski definition) is 5. The molecule has 6 nitrogen and oxygen atoms in total. The molecule has 0 aromatic heterocycles. The number of allylic oxidation sites excluding steroid dienone is 1. The minimum atomic E-state index is -2.32. The van der Waals surface area contributed by atoms with E-state index in [2.05, 4.69) is 10.3 Å². The molecule has 0 spiro atoms. The summed E-state index contributed by atoms with van der Waals surface area (Å²) in [4.78, 5) is 14.0. The van der Waals surface area contributed by atoms with Crippen LogP contribution in [-0.2, 0) is 0 Å². The molecule has 1 aliphatic rings. The minimum Gasteiger partial charge on any atom is -0.478 e. The highest BCUT2D eigenvalue weighted by Gasteiger charge is 2.24. The third-order valence-electron chi connectivity index (χ3n) is 2.24. The summed E-state index contributed by atoms with van der Waals surface area (Å²) < 4.78 is 0. The van der Waals surface area contributed by atoms with Gasteiger partial charge < -0.3 is 20.6 Å². The van der Waals surface area contributed by atoms with E-state index in [-0.39, 0.29) is 5.56 Å². The van der Waals surface area contributed by atoms with E-state index < -0.39 is 12.0 Å². The van der Waals surface area contributed by atoms with Crippen LogP contribution in [0.5, 0.6) is 0 Å². The first kappa shape index (κ1) is 11.3. The van der Waals surface area contributed by atoms with Gasteiger partial charge in [0.15, 0.2) is 0 Å². The topological polar surface area (TPSA) is 102 Å². The molecule has 0 radical (unpaired) electrons.